The molecule has 0 spiro atoms. The van der Waals surface area contributed by atoms with E-state index >= 15 is 8.78 Å². The third kappa shape index (κ3) is 6.01. The van der Waals surface area contributed by atoms with Gasteiger partial charge in [-0.2, -0.15) is 0 Å². The van der Waals surface area contributed by atoms with Crippen molar-refractivity contribution in [1.82, 2.24) is 4.90 Å². The summed E-state index contributed by atoms with van der Waals surface area (Å²) in [6.07, 6.45) is 8.04. The number of carbonyl (C=O) groups excluding carboxylic acids is 1. The maximum atomic E-state index is 15.4. The Hall–Kier alpha value is -4.21. The van der Waals surface area contributed by atoms with Crippen molar-refractivity contribution in [2.45, 2.75) is 0 Å². The molecular weight excluding hydrogens is 488 g/mol. The van der Waals surface area contributed by atoms with Crippen LogP contribution in [0, 0.1) is 11.6 Å². The molecule has 0 radical (unpaired) electrons. The van der Waals surface area contributed by atoms with Crippen molar-refractivity contribution in [3.05, 3.63) is 96.3 Å². The number of hydrogen-bond acceptors (Lipinski definition) is 6. The van der Waals surface area contributed by atoms with Crippen LogP contribution in [0.1, 0.15) is 5.56 Å². The van der Waals surface area contributed by atoms with Crippen molar-refractivity contribution >= 4 is 41.0 Å². The van der Waals surface area contributed by atoms with Gasteiger partial charge < -0.3 is 15.3 Å². The van der Waals surface area contributed by atoms with Gasteiger partial charge >= 0.3 is 0 Å². The lowest BCUT2D eigenvalue weighted by Crippen LogP contribution is -2.47. The van der Waals surface area contributed by atoms with Crippen LogP contribution >= 0.6 is 0 Å². The highest BCUT2D eigenvalue weighted by molar-refractivity contribution is 6.34. The number of aliphatic hydroxyl groups is 1. The molecule has 2 aromatic rings. The number of nitrogens with one attached hydrogen (secondary N) is 1. The topological polar surface area (TPSA) is 80.5 Å². The van der Waals surface area contributed by atoms with E-state index in [0.717, 1.165) is 0 Å². The number of carbonyl (C=O) groups is 1. The van der Waals surface area contributed by atoms with Crippen LogP contribution in [0.15, 0.2) is 89.0 Å². The lowest BCUT2D eigenvalue weighted by molar-refractivity contribution is -0.111. The van der Waals surface area contributed by atoms with E-state index in [9.17, 15) is 4.79 Å². The largest absolute Gasteiger partial charge is 0.395 e. The minimum absolute atomic E-state index is 0.0647. The predicted molar refractivity (Wildman–Crippen MR) is 149 cm³/mol. The number of aliphatic hydroxyl groups excluding tert-OH is 1. The molecule has 0 aromatic heterocycles. The summed E-state index contributed by atoms with van der Waals surface area (Å²) in [5.74, 6) is -2.35. The number of benzene rings is 2. The highest BCUT2D eigenvalue weighted by atomic mass is 19.2. The van der Waals surface area contributed by atoms with E-state index in [-0.39, 0.29) is 23.9 Å². The maximum Gasteiger partial charge on any atom is 0.247 e. The molecule has 196 valence electrons. The quantitative estimate of drug-likeness (QED) is 0.399. The molecule has 1 fully saturated rings. The van der Waals surface area contributed by atoms with Crippen LogP contribution in [0.4, 0.5) is 25.8 Å². The van der Waals surface area contributed by atoms with Gasteiger partial charge in [0.05, 0.1) is 18.0 Å². The second kappa shape index (κ2) is 12.4. The van der Waals surface area contributed by atoms with E-state index in [1.54, 1.807) is 41.3 Å². The number of rotatable bonds is 8. The van der Waals surface area contributed by atoms with Crippen LogP contribution < -0.4 is 10.2 Å². The summed E-state index contributed by atoms with van der Waals surface area (Å²) in [6, 6.07) is 10.1. The Labute approximate surface area is 220 Å². The van der Waals surface area contributed by atoms with Gasteiger partial charge in [0.25, 0.3) is 0 Å². The molecule has 0 atom stereocenters. The summed E-state index contributed by atoms with van der Waals surface area (Å²) in [5, 5.41) is 11.9. The van der Waals surface area contributed by atoms with Crippen LogP contribution in [-0.2, 0) is 4.79 Å². The molecule has 2 N–H and O–H groups in total. The third-order valence-corrected chi connectivity index (χ3v) is 6.33. The van der Waals surface area contributed by atoms with Gasteiger partial charge in [0.2, 0.25) is 5.91 Å². The molecule has 0 bridgehead atoms. The average Bonchev–Trinajstić information content (AvgIpc) is 2.93. The normalized spacial score (nSPS) is 18.0. The maximum absolute atomic E-state index is 15.4. The van der Waals surface area contributed by atoms with E-state index in [1.807, 2.05) is 12.1 Å². The molecule has 1 saturated heterocycles. The van der Waals surface area contributed by atoms with Crippen LogP contribution in [0.25, 0.3) is 5.57 Å². The molecule has 2 aliphatic rings. The number of halogens is 2. The highest BCUT2D eigenvalue weighted by Crippen LogP contribution is 2.33. The monoisotopic (exact) mass is 517 g/mol. The van der Waals surface area contributed by atoms with Crippen molar-refractivity contribution in [3.8, 4) is 0 Å². The Morgan fingerprint density at radius 2 is 1.92 bits per heavy atom. The Bertz CT molecular complexity index is 1350. The van der Waals surface area contributed by atoms with E-state index in [1.165, 1.54) is 18.3 Å². The molecule has 1 heterocycles. The first-order valence-electron chi connectivity index (χ1n) is 12.2. The van der Waals surface area contributed by atoms with Gasteiger partial charge in [0, 0.05) is 55.8 Å². The van der Waals surface area contributed by atoms with Gasteiger partial charge in [-0.15, -0.1) is 0 Å². The van der Waals surface area contributed by atoms with Crippen LogP contribution in [0.5, 0.6) is 0 Å². The van der Waals surface area contributed by atoms with Gasteiger partial charge in [-0.1, -0.05) is 36.9 Å². The summed E-state index contributed by atoms with van der Waals surface area (Å²) < 4.78 is 30.6. The standard InChI is InChI=1S/C29H29F2N5O2/c1-3-26(38)33-22-8-4-6-20(18-22)23-9-5-7-21(19-32-2)29(23)34-24-10-11-25(28(31)27(24)30)36-14-12-35(13-15-36)16-17-37/h3-11,18-19,37H,1-2,12-17H2,(H,33,38)/b21-19-,34-29?. The number of β-amino-alcohol motifs (C(OH)–C–C–N with tert-alkyl or cyclic N) is 1. The molecule has 0 saturated carbocycles. The average molecular weight is 518 g/mol. The number of aliphatic imine (C=N–C) groups is 2. The lowest BCUT2D eigenvalue weighted by Gasteiger charge is -2.36. The second-order valence-corrected chi connectivity index (χ2v) is 8.73. The van der Waals surface area contributed by atoms with E-state index in [4.69, 9.17) is 5.11 Å². The van der Waals surface area contributed by atoms with Crippen LogP contribution in [-0.4, -0.2) is 67.7 Å². The van der Waals surface area contributed by atoms with Crippen molar-refractivity contribution in [2.75, 3.05) is 49.5 Å². The number of nitrogens with zero attached hydrogens (tertiary/aromatic N) is 4. The minimum Gasteiger partial charge on any atom is -0.395 e. The summed E-state index contributed by atoms with van der Waals surface area (Å²) in [6.45, 7) is 9.96. The number of anilines is 2. The molecule has 1 amide bonds. The Balaban J connectivity index is 1.69. The fourth-order valence-electron chi connectivity index (χ4n) is 4.41. The predicted octanol–water partition coefficient (Wildman–Crippen LogP) is 4.51. The fraction of sp³-hybridized carbons (Fsp3) is 0.207. The van der Waals surface area contributed by atoms with Crippen molar-refractivity contribution in [1.29, 1.82) is 0 Å². The van der Waals surface area contributed by atoms with Gasteiger partial charge in [-0.05, 0) is 42.6 Å². The zero-order chi connectivity index (χ0) is 27.1. The second-order valence-electron chi connectivity index (χ2n) is 8.73. The van der Waals surface area contributed by atoms with E-state index in [0.29, 0.717) is 60.8 Å². The lowest BCUT2D eigenvalue weighted by atomic mass is 9.91. The van der Waals surface area contributed by atoms with Crippen molar-refractivity contribution in [2.24, 2.45) is 9.98 Å². The molecule has 1 aliphatic heterocycles. The molecular formula is C29H29F2N5O2. The number of amides is 1. The first-order valence-corrected chi connectivity index (χ1v) is 12.2. The van der Waals surface area contributed by atoms with Gasteiger partial charge in [0.15, 0.2) is 11.6 Å². The van der Waals surface area contributed by atoms with Gasteiger partial charge in [0.1, 0.15) is 5.69 Å². The smallest absolute Gasteiger partial charge is 0.247 e. The first-order chi connectivity index (χ1) is 18.4. The molecule has 4 rings (SSSR count). The van der Waals surface area contributed by atoms with Crippen molar-refractivity contribution in [3.63, 3.8) is 0 Å². The molecule has 38 heavy (non-hydrogen) atoms. The van der Waals surface area contributed by atoms with Crippen LogP contribution in [0.2, 0.25) is 0 Å². The summed E-state index contributed by atoms with van der Waals surface area (Å²) >= 11 is 0. The number of piperazine rings is 1. The Kier molecular flexibility index (Phi) is 8.73. The number of allylic oxidation sites excluding steroid dienone is 5. The third-order valence-electron chi connectivity index (χ3n) is 6.33. The molecule has 2 aromatic carbocycles. The minimum atomic E-state index is -1.04. The summed E-state index contributed by atoms with van der Waals surface area (Å²) in [4.78, 5) is 24.0. The summed E-state index contributed by atoms with van der Waals surface area (Å²) in [5.41, 5.74) is 2.90. The zero-order valence-corrected chi connectivity index (χ0v) is 20.9. The Morgan fingerprint density at radius 3 is 2.63 bits per heavy atom. The Morgan fingerprint density at radius 1 is 1.13 bits per heavy atom. The molecule has 0 unspecified atom stereocenters. The fourth-order valence-corrected chi connectivity index (χ4v) is 4.41. The molecule has 7 nitrogen and oxygen atoms in total. The zero-order valence-electron chi connectivity index (χ0n) is 20.9. The molecule has 9 heteroatoms. The SMILES string of the molecule is C=CC(=O)Nc1cccc(C2=CC=C/C(=C/N=C)C2=Nc2ccc(N3CCN(CCO)CC3)c(F)c2F)c1. The van der Waals surface area contributed by atoms with Crippen LogP contribution in [0.3, 0.4) is 0 Å². The number of hydrogen-bond donors (Lipinski definition) is 2. The van der Waals surface area contributed by atoms with E-state index in [2.05, 4.69) is 33.5 Å². The molecule has 1 aliphatic carbocycles. The van der Waals surface area contributed by atoms with E-state index < -0.39 is 11.6 Å². The highest BCUT2D eigenvalue weighted by Gasteiger charge is 2.24. The van der Waals surface area contributed by atoms with Gasteiger partial charge in [-0.3, -0.25) is 14.7 Å². The first kappa shape index (κ1) is 26.8. The summed E-state index contributed by atoms with van der Waals surface area (Å²) in [7, 11) is 0. The van der Waals surface area contributed by atoms with Gasteiger partial charge in [-0.25, -0.2) is 13.8 Å². The van der Waals surface area contributed by atoms with Crippen molar-refractivity contribution < 1.29 is 18.7 Å².